The molecule has 2 unspecified atom stereocenters. The zero-order valence-corrected chi connectivity index (χ0v) is 18.2. The van der Waals surface area contributed by atoms with Crippen molar-refractivity contribution in [2.24, 2.45) is 5.41 Å². The van der Waals surface area contributed by atoms with Gasteiger partial charge in [-0.2, -0.15) is 0 Å². The van der Waals surface area contributed by atoms with Crippen LogP contribution in [0.5, 0.6) is 5.75 Å². The quantitative estimate of drug-likeness (QED) is 0.620. The molecule has 158 valence electrons. The molecule has 5 nitrogen and oxygen atoms in total. The van der Waals surface area contributed by atoms with Crippen molar-refractivity contribution in [3.63, 3.8) is 0 Å². The molecule has 0 aliphatic heterocycles. The fraction of sp³-hybridized carbons (Fsp3) is 0.400. The van der Waals surface area contributed by atoms with E-state index in [0.29, 0.717) is 19.3 Å². The van der Waals surface area contributed by atoms with E-state index in [0.717, 1.165) is 12.0 Å². The number of aliphatic hydroxyl groups excluding tert-OH is 1. The minimum atomic E-state index is -4.23. The lowest BCUT2D eigenvalue weighted by molar-refractivity contribution is 0.0561. The van der Waals surface area contributed by atoms with E-state index >= 15 is 0 Å². The number of hydrogen-bond donors (Lipinski definition) is 2. The lowest BCUT2D eigenvalue weighted by Gasteiger charge is -2.33. The van der Waals surface area contributed by atoms with E-state index in [4.69, 9.17) is 4.74 Å². The molecule has 0 radical (unpaired) electrons. The van der Waals surface area contributed by atoms with Crippen LogP contribution in [0.4, 0.5) is 8.78 Å². The first kappa shape index (κ1) is 22.1. The van der Waals surface area contributed by atoms with E-state index < -0.39 is 32.3 Å². The predicted octanol–water partition coefficient (Wildman–Crippen LogP) is 3.79. The summed E-state index contributed by atoms with van der Waals surface area (Å²) in [5.74, 6) is -1.54. The van der Waals surface area contributed by atoms with E-state index in [1.54, 1.807) is 12.1 Å². The molecule has 0 saturated heterocycles. The summed E-state index contributed by atoms with van der Waals surface area (Å²) in [5, 5.41) is 10.6. The van der Waals surface area contributed by atoms with Gasteiger partial charge in [-0.3, -0.25) is 0 Å². The highest BCUT2D eigenvalue weighted by atomic mass is 79.9. The third kappa shape index (κ3) is 4.63. The summed E-state index contributed by atoms with van der Waals surface area (Å²) in [6, 6.07) is 8.63. The van der Waals surface area contributed by atoms with Crippen LogP contribution in [0.1, 0.15) is 24.8 Å². The Morgan fingerprint density at radius 2 is 1.93 bits per heavy atom. The third-order valence-electron chi connectivity index (χ3n) is 5.45. The van der Waals surface area contributed by atoms with Crippen molar-refractivity contribution in [2.75, 3.05) is 13.7 Å². The fourth-order valence-corrected chi connectivity index (χ4v) is 6.06. The zero-order valence-electron chi connectivity index (χ0n) is 15.8. The van der Waals surface area contributed by atoms with Gasteiger partial charge in [0.2, 0.25) is 10.0 Å². The average molecular weight is 490 g/mol. The lowest BCUT2D eigenvalue weighted by Crippen LogP contribution is -2.44. The van der Waals surface area contributed by atoms with Gasteiger partial charge in [-0.05, 0) is 65.0 Å². The molecule has 9 heteroatoms. The maximum Gasteiger partial charge on any atom is 0.244 e. The van der Waals surface area contributed by atoms with E-state index in [9.17, 15) is 22.3 Å². The minimum Gasteiger partial charge on any atom is -0.494 e. The van der Waals surface area contributed by atoms with Gasteiger partial charge in [0, 0.05) is 16.4 Å². The summed E-state index contributed by atoms with van der Waals surface area (Å²) in [6.07, 6.45) is 1.52. The second-order valence-electron chi connectivity index (χ2n) is 7.29. The first-order valence-corrected chi connectivity index (χ1v) is 11.4. The van der Waals surface area contributed by atoms with Gasteiger partial charge in [-0.1, -0.05) is 18.6 Å². The molecule has 1 aliphatic carbocycles. The Bertz CT molecular complexity index is 985. The second kappa shape index (κ2) is 8.67. The number of benzene rings is 2. The van der Waals surface area contributed by atoms with Gasteiger partial charge < -0.3 is 9.84 Å². The summed E-state index contributed by atoms with van der Waals surface area (Å²) in [6.45, 7) is -0.0725. The molecule has 2 aromatic carbocycles. The Morgan fingerprint density at radius 1 is 1.24 bits per heavy atom. The molecule has 3 rings (SSSR count). The number of rotatable bonds is 7. The molecule has 1 saturated carbocycles. The van der Waals surface area contributed by atoms with Gasteiger partial charge in [0.05, 0.1) is 13.2 Å². The van der Waals surface area contributed by atoms with Gasteiger partial charge >= 0.3 is 0 Å². The molecular formula is C20H22BrF2NO4S. The monoisotopic (exact) mass is 489 g/mol. The Labute approximate surface area is 177 Å². The number of aliphatic hydroxyl groups is 1. The maximum atomic E-state index is 14.6. The fourth-order valence-electron chi connectivity index (χ4n) is 3.83. The summed E-state index contributed by atoms with van der Waals surface area (Å²) in [4.78, 5) is -0.540. The molecule has 0 amide bonds. The lowest BCUT2D eigenvalue weighted by atomic mass is 9.78. The van der Waals surface area contributed by atoms with E-state index in [2.05, 4.69) is 20.7 Å². The van der Waals surface area contributed by atoms with Crippen LogP contribution in [0, 0.1) is 17.0 Å². The van der Waals surface area contributed by atoms with E-state index in [1.165, 1.54) is 31.4 Å². The van der Waals surface area contributed by atoms with E-state index in [-0.39, 0.29) is 22.6 Å². The van der Waals surface area contributed by atoms with Crippen LogP contribution in [0.15, 0.2) is 45.8 Å². The number of halogens is 3. The van der Waals surface area contributed by atoms with Crippen molar-refractivity contribution in [1.29, 1.82) is 0 Å². The molecule has 2 aromatic rings. The normalized spacial score (nSPS) is 22.0. The SMILES string of the molecule is COc1ccc(Br)c(S(=O)(=O)NCC2(Cc3ccc(F)cc3)CCCC2O)c1F. The van der Waals surface area contributed by atoms with Crippen molar-refractivity contribution >= 4 is 26.0 Å². The number of methoxy groups -OCH3 is 1. The van der Waals surface area contributed by atoms with Crippen LogP contribution in [0.3, 0.4) is 0 Å². The van der Waals surface area contributed by atoms with Crippen LogP contribution in [-0.4, -0.2) is 33.3 Å². The van der Waals surface area contributed by atoms with Gasteiger partial charge in [-0.25, -0.2) is 21.9 Å². The summed E-state index contributed by atoms with van der Waals surface area (Å²) in [5.41, 5.74) is 0.0347. The van der Waals surface area contributed by atoms with Crippen LogP contribution in [0.25, 0.3) is 0 Å². The van der Waals surface area contributed by atoms with Crippen LogP contribution < -0.4 is 9.46 Å². The largest absolute Gasteiger partial charge is 0.494 e. The van der Waals surface area contributed by atoms with Gasteiger partial charge in [0.15, 0.2) is 11.6 Å². The van der Waals surface area contributed by atoms with Gasteiger partial charge in [0.1, 0.15) is 10.7 Å². The standard InChI is InChI=1S/C20H22BrF2NO4S/c1-28-16-9-8-15(21)19(18(16)23)29(26,27)24-12-20(10-2-3-17(20)25)11-13-4-6-14(22)7-5-13/h4-9,17,24-25H,2-3,10-12H2,1H3. The predicted molar refractivity (Wildman–Crippen MR) is 108 cm³/mol. The highest BCUT2D eigenvalue weighted by Gasteiger charge is 2.43. The topological polar surface area (TPSA) is 75.6 Å². The van der Waals surface area contributed by atoms with Gasteiger partial charge in [-0.15, -0.1) is 0 Å². The molecule has 0 heterocycles. The molecule has 0 aromatic heterocycles. The second-order valence-corrected chi connectivity index (χ2v) is 9.85. The molecule has 1 aliphatic rings. The Morgan fingerprint density at radius 3 is 2.52 bits per heavy atom. The smallest absolute Gasteiger partial charge is 0.244 e. The molecule has 29 heavy (non-hydrogen) atoms. The highest BCUT2D eigenvalue weighted by molar-refractivity contribution is 9.10. The molecule has 0 spiro atoms. The average Bonchev–Trinajstić information content (AvgIpc) is 3.03. The Hall–Kier alpha value is -1.55. The summed E-state index contributed by atoms with van der Waals surface area (Å²) >= 11 is 3.09. The van der Waals surface area contributed by atoms with Crippen LogP contribution in [0.2, 0.25) is 0 Å². The van der Waals surface area contributed by atoms with Crippen LogP contribution in [-0.2, 0) is 16.4 Å². The molecule has 2 atom stereocenters. The number of sulfonamides is 1. The summed E-state index contributed by atoms with van der Waals surface area (Å²) < 4.78 is 61.0. The first-order valence-electron chi connectivity index (χ1n) is 9.13. The van der Waals surface area contributed by atoms with Crippen LogP contribution >= 0.6 is 15.9 Å². The molecule has 1 fully saturated rings. The Kier molecular flexibility index (Phi) is 6.62. The maximum absolute atomic E-state index is 14.6. The molecule has 2 N–H and O–H groups in total. The first-order chi connectivity index (χ1) is 13.7. The summed E-state index contributed by atoms with van der Waals surface area (Å²) in [7, 11) is -2.97. The number of nitrogens with one attached hydrogen (secondary N) is 1. The van der Waals surface area contributed by atoms with Crippen molar-refractivity contribution in [3.8, 4) is 5.75 Å². The van der Waals surface area contributed by atoms with E-state index in [1.807, 2.05) is 0 Å². The number of hydrogen-bond acceptors (Lipinski definition) is 4. The van der Waals surface area contributed by atoms with Crippen molar-refractivity contribution in [2.45, 2.75) is 36.7 Å². The number of ether oxygens (including phenoxy) is 1. The molecular weight excluding hydrogens is 468 g/mol. The molecule has 0 bridgehead atoms. The minimum absolute atomic E-state index is 0.0721. The van der Waals surface area contributed by atoms with Crippen molar-refractivity contribution in [3.05, 3.63) is 58.1 Å². The third-order valence-corrected chi connectivity index (χ3v) is 7.83. The van der Waals surface area contributed by atoms with Crippen molar-refractivity contribution in [1.82, 2.24) is 4.72 Å². The Balaban J connectivity index is 1.87. The highest BCUT2D eigenvalue weighted by Crippen LogP contribution is 2.41. The van der Waals surface area contributed by atoms with Gasteiger partial charge in [0.25, 0.3) is 0 Å². The van der Waals surface area contributed by atoms with Crippen molar-refractivity contribution < 1.29 is 27.0 Å². The zero-order chi connectivity index (χ0) is 21.2.